The molecular weight excluding hydrogens is 250 g/mol. The average Bonchev–Trinajstić information content (AvgIpc) is 2.47. The molecule has 2 amide bonds. The molecule has 2 aliphatic rings. The Morgan fingerprint density at radius 3 is 2.55 bits per heavy atom. The number of rotatable bonds is 3. The Morgan fingerprint density at radius 2 is 1.95 bits per heavy atom. The second-order valence-corrected chi connectivity index (χ2v) is 6.97. The number of hydrogen-bond acceptors (Lipinski definition) is 2. The van der Waals surface area contributed by atoms with E-state index >= 15 is 0 Å². The predicted octanol–water partition coefficient (Wildman–Crippen LogP) is 2.87. The monoisotopic (exact) mass is 281 g/mol. The van der Waals surface area contributed by atoms with E-state index in [1.165, 1.54) is 32.1 Å². The first-order valence-electron chi connectivity index (χ1n) is 8.32. The van der Waals surface area contributed by atoms with Gasteiger partial charge in [-0.05, 0) is 31.6 Å². The fourth-order valence-electron chi connectivity index (χ4n) is 3.99. The molecule has 20 heavy (non-hydrogen) atoms. The lowest BCUT2D eigenvalue weighted by Gasteiger charge is -2.46. The third-order valence-electron chi connectivity index (χ3n) is 5.40. The maximum Gasteiger partial charge on any atom is 0.317 e. The molecule has 0 saturated heterocycles. The van der Waals surface area contributed by atoms with Crippen LogP contribution in [0.25, 0.3) is 0 Å². The lowest BCUT2D eigenvalue weighted by Crippen LogP contribution is -2.60. The molecule has 4 nitrogen and oxygen atoms in total. The third kappa shape index (κ3) is 3.46. The van der Waals surface area contributed by atoms with Crippen LogP contribution in [0.3, 0.4) is 0 Å². The first-order valence-corrected chi connectivity index (χ1v) is 8.32. The van der Waals surface area contributed by atoms with Gasteiger partial charge in [0.05, 0.1) is 5.54 Å². The second kappa shape index (κ2) is 6.79. The highest BCUT2D eigenvalue weighted by Crippen LogP contribution is 2.35. The van der Waals surface area contributed by atoms with Crippen LogP contribution in [0.1, 0.15) is 64.7 Å². The molecule has 0 aromatic rings. The first-order chi connectivity index (χ1) is 9.57. The zero-order valence-electron chi connectivity index (χ0n) is 13.2. The van der Waals surface area contributed by atoms with Crippen LogP contribution in [0.4, 0.5) is 4.79 Å². The summed E-state index contributed by atoms with van der Waals surface area (Å²) in [7, 11) is 1.93. The fourth-order valence-corrected chi connectivity index (χ4v) is 3.99. The molecule has 2 rings (SSSR count). The van der Waals surface area contributed by atoms with Gasteiger partial charge in [0.25, 0.3) is 0 Å². The number of hydrogen-bond donors (Lipinski definition) is 2. The average molecular weight is 281 g/mol. The normalized spacial score (nSPS) is 31.9. The van der Waals surface area contributed by atoms with Gasteiger partial charge in [-0.15, -0.1) is 0 Å². The predicted molar refractivity (Wildman–Crippen MR) is 82.6 cm³/mol. The van der Waals surface area contributed by atoms with Crippen LogP contribution >= 0.6 is 0 Å². The zero-order valence-corrected chi connectivity index (χ0v) is 13.2. The van der Waals surface area contributed by atoms with Gasteiger partial charge >= 0.3 is 6.03 Å². The molecule has 2 fully saturated rings. The minimum absolute atomic E-state index is 0.0800. The Morgan fingerprint density at radius 1 is 1.25 bits per heavy atom. The summed E-state index contributed by atoms with van der Waals surface area (Å²) in [6.45, 7) is 2.85. The van der Waals surface area contributed by atoms with Crippen LogP contribution in [-0.2, 0) is 0 Å². The van der Waals surface area contributed by atoms with Crippen LogP contribution in [0.5, 0.6) is 0 Å². The van der Waals surface area contributed by atoms with Gasteiger partial charge in [0.2, 0.25) is 0 Å². The van der Waals surface area contributed by atoms with E-state index in [2.05, 4.69) is 12.2 Å². The van der Waals surface area contributed by atoms with Crippen LogP contribution < -0.4 is 11.1 Å². The fraction of sp³-hybridized carbons (Fsp3) is 0.938. The van der Waals surface area contributed by atoms with Crippen LogP contribution in [0, 0.1) is 5.92 Å². The summed E-state index contributed by atoms with van der Waals surface area (Å²) in [6, 6.07) is 0.450. The van der Waals surface area contributed by atoms with Crippen LogP contribution in [0.15, 0.2) is 0 Å². The van der Waals surface area contributed by atoms with Gasteiger partial charge in [0.1, 0.15) is 0 Å². The van der Waals surface area contributed by atoms with Crippen molar-refractivity contribution >= 4 is 6.03 Å². The van der Waals surface area contributed by atoms with Crippen molar-refractivity contribution in [1.29, 1.82) is 0 Å². The van der Waals surface area contributed by atoms with Crippen molar-refractivity contribution < 1.29 is 4.79 Å². The molecule has 2 atom stereocenters. The Bertz CT molecular complexity index is 328. The molecule has 0 radical (unpaired) electrons. The van der Waals surface area contributed by atoms with Crippen molar-refractivity contribution in [2.24, 2.45) is 11.7 Å². The lowest BCUT2D eigenvalue weighted by molar-refractivity contribution is 0.0821. The molecule has 0 aromatic heterocycles. The van der Waals surface area contributed by atoms with Gasteiger partial charge in [-0.1, -0.05) is 39.0 Å². The summed E-state index contributed by atoms with van der Waals surface area (Å²) >= 11 is 0. The Kier molecular flexibility index (Phi) is 5.30. The number of amides is 2. The van der Waals surface area contributed by atoms with Gasteiger partial charge in [-0.2, -0.15) is 0 Å². The summed E-state index contributed by atoms with van der Waals surface area (Å²) in [6.07, 6.45) is 10.6. The molecule has 0 aliphatic heterocycles. The minimum Gasteiger partial charge on any atom is -0.335 e. The molecule has 0 bridgehead atoms. The van der Waals surface area contributed by atoms with Crippen LogP contribution in [0.2, 0.25) is 0 Å². The van der Waals surface area contributed by atoms with Crippen molar-refractivity contribution in [3.63, 3.8) is 0 Å². The molecule has 2 saturated carbocycles. The van der Waals surface area contributed by atoms with E-state index in [9.17, 15) is 4.79 Å². The molecule has 0 heterocycles. The maximum atomic E-state index is 12.5. The number of carbonyl (C=O) groups excluding carboxylic acids is 1. The van der Waals surface area contributed by atoms with E-state index < -0.39 is 0 Å². The van der Waals surface area contributed by atoms with Crippen molar-refractivity contribution in [2.75, 3.05) is 13.6 Å². The molecule has 3 N–H and O–H groups in total. The molecular formula is C16H31N3O. The number of urea groups is 1. The van der Waals surface area contributed by atoms with Crippen LogP contribution in [-0.4, -0.2) is 36.1 Å². The van der Waals surface area contributed by atoms with Gasteiger partial charge in [0, 0.05) is 19.6 Å². The minimum atomic E-state index is -0.129. The standard InChI is InChI=1S/C16H31N3O/c1-13-7-6-10-16(11-13,12-17)19(2)15(20)18-14-8-4-3-5-9-14/h13-14H,3-12,17H2,1-2H3,(H,18,20). The summed E-state index contributed by atoms with van der Waals surface area (Å²) in [5.41, 5.74) is 5.92. The molecule has 116 valence electrons. The van der Waals surface area contributed by atoms with Crippen molar-refractivity contribution in [2.45, 2.75) is 76.3 Å². The number of carbonyl (C=O) groups is 1. The van der Waals surface area contributed by atoms with Crippen molar-refractivity contribution in [3.8, 4) is 0 Å². The van der Waals surface area contributed by atoms with E-state index in [-0.39, 0.29) is 11.6 Å². The van der Waals surface area contributed by atoms with Gasteiger partial charge < -0.3 is 16.0 Å². The topological polar surface area (TPSA) is 58.4 Å². The number of nitrogens with zero attached hydrogens (tertiary/aromatic N) is 1. The zero-order chi connectivity index (χ0) is 14.6. The van der Waals surface area contributed by atoms with E-state index in [4.69, 9.17) is 5.73 Å². The Hall–Kier alpha value is -0.770. The maximum absolute atomic E-state index is 12.5. The summed E-state index contributed by atoms with van der Waals surface area (Å²) in [5, 5.41) is 3.22. The quantitative estimate of drug-likeness (QED) is 0.835. The summed E-state index contributed by atoms with van der Waals surface area (Å²) < 4.78 is 0. The third-order valence-corrected chi connectivity index (χ3v) is 5.40. The van der Waals surface area contributed by atoms with Gasteiger partial charge in [0.15, 0.2) is 0 Å². The van der Waals surface area contributed by atoms with Gasteiger partial charge in [-0.25, -0.2) is 4.79 Å². The summed E-state index contributed by atoms with van der Waals surface area (Å²) in [5.74, 6) is 0.664. The number of nitrogens with one attached hydrogen (secondary N) is 1. The second-order valence-electron chi connectivity index (χ2n) is 6.97. The highest BCUT2D eigenvalue weighted by Gasteiger charge is 2.40. The largest absolute Gasteiger partial charge is 0.335 e. The van der Waals surface area contributed by atoms with E-state index in [0.717, 1.165) is 25.7 Å². The highest BCUT2D eigenvalue weighted by atomic mass is 16.2. The van der Waals surface area contributed by atoms with E-state index in [1.807, 2.05) is 11.9 Å². The molecule has 0 aromatic carbocycles. The Labute approximate surface area is 123 Å². The molecule has 2 unspecified atom stereocenters. The first kappa shape index (κ1) is 15.6. The van der Waals surface area contributed by atoms with Gasteiger partial charge in [-0.3, -0.25) is 0 Å². The highest BCUT2D eigenvalue weighted by molar-refractivity contribution is 5.75. The number of nitrogens with two attached hydrogens (primary N) is 1. The van der Waals surface area contributed by atoms with Crippen molar-refractivity contribution in [1.82, 2.24) is 10.2 Å². The lowest BCUT2D eigenvalue weighted by atomic mass is 9.75. The SMILES string of the molecule is CC1CCCC(CN)(N(C)C(=O)NC2CCCCC2)C1. The Balaban J connectivity index is 1.96. The molecule has 0 spiro atoms. The van der Waals surface area contributed by atoms with E-state index in [1.54, 1.807) is 0 Å². The molecule has 2 aliphatic carbocycles. The van der Waals surface area contributed by atoms with Crippen molar-refractivity contribution in [3.05, 3.63) is 0 Å². The smallest absolute Gasteiger partial charge is 0.317 e. The summed E-state index contributed by atoms with van der Waals surface area (Å²) in [4.78, 5) is 14.5. The van der Waals surface area contributed by atoms with E-state index in [0.29, 0.717) is 18.5 Å². The number of likely N-dealkylation sites (N-methyl/N-ethyl adjacent to an activating group) is 1. The molecule has 4 heteroatoms.